The van der Waals surface area contributed by atoms with Gasteiger partial charge in [-0.2, -0.15) is 0 Å². The number of rotatable bonds is 5. The lowest BCUT2D eigenvalue weighted by atomic mass is 9.87. The Labute approximate surface area is 131 Å². The first-order chi connectivity index (χ1) is 9.89. The summed E-state index contributed by atoms with van der Waals surface area (Å²) in [5.74, 6) is 1.08. The second-order valence-electron chi connectivity index (χ2n) is 6.63. The molecule has 0 spiro atoms. The minimum Gasteiger partial charge on any atom is -0.393 e. The smallest absolute Gasteiger partial charge is 0.237 e. The molecule has 0 radical (unpaired) electrons. The molecule has 0 fully saturated rings. The molecule has 2 rings (SSSR count). The highest BCUT2D eigenvalue weighted by Gasteiger charge is 2.28. The number of aryl methyl sites for hydroxylation is 1. The van der Waals surface area contributed by atoms with Crippen molar-refractivity contribution >= 4 is 17.7 Å². The summed E-state index contributed by atoms with van der Waals surface area (Å²) in [6.45, 7) is 6.52. The van der Waals surface area contributed by atoms with Crippen LogP contribution in [0, 0.1) is 5.41 Å². The Bertz CT molecular complexity index is 499. The van der Waals surface area contributed by atoms with Crippen LogP contribution in [0.2, 0.25) is 0 Å². The molecular formula is C17H25NO2S. The lowest BCUT2D eigenvalue weighted by Crippen LogP contribution is -2.38. The van der Waals surface area contributed by atoms with Gasteiger partial charge in [0.2, 0.25) is 5.91 Å². The van der Waals surface area contributed by atoms with Crippen LogP contribution >= 0.6 is 11.8 Å². The van der Waals surface area contributed by atoms with Gasteiger partial charge in [-0.25, -0.2) is 0 Å². The topological polar surface area (TPSA) is 49.3 Å². The van der Waals surface area contributed by atoms with E-state index >= 15 is 0 Å². The molecule has 0 saturated heterocycles. The van der Waals surface area contributed by atoms with Crippen LogP contribution in [0.1, 0.15) is 43.6 Å². The SMILES string of the molecule is CC(O)CC(C)(C)CNC(=O)C1SCCc2ccccc21. The van der Waals surface area contributed by atoms with E-state index in [1.54, 1.807) is 18.7 Å². The van der Waals surface area contributed by atoms with Crippen molar-refractivity contribution in [2.24, 2.45) is 5.41 Å². The maximum atomic E-state index is 12.5. The van der Waals surface area contributed by atoms with Gasteiger partial charge in [0.1, 0.15) is 5.25 Å². The minimum absolute atomic E-state index is 0.0887. The monoisotopic (exact) mass is 307 g/mol. The lowest BCUT2D eigenvalue weighted by Gasteiger charge is -2.29. The summed E-state index contributed by atoms with van der Waals surface area (Å²) in [4.78, 5) is 12.5. The molecule has 2 unspecified atom stereocenters. The van der Waals surface area contributed by atoms with Gasteiger partial charge in [0, 0.05) is 6.54 Å². The number of nitrogens with one attached hydrogen (secondary N) is 1. The van der Waals surface area contributed by atoms with Crippen LogP contribution in [-0.4, -0.2) is 29.4 Å². The van der Waals surface area contributed by atoms with E-state index in [4.69, 9.17) is 0 Å². The number of carbonyl (C=O) groups is 1. The number of benzene rings is 1. The molecule has 1 aromatic rings. The summed E-state index contributed by atoms with van der Waals surface area (Å²) in [5, 5.41) is 12.5. The molecule has 116 valence electrons. The molecule has 2 N–H and O–H groups in total. The zero-order valence-corrected chi connectivity index (χ0v) is 13.9. The molecule has 21 heavy (non-hydrogen) atoms. The van der Waals surface area contributed by atoms with Gasteiger partial charge in [0.25, 0.3) is 0 Å². The summed E-state index contributed by atoms with van der Waals surface area (Å²) in [6, 6.07) is 8.22. The van der Waals surface area contributed by atoms with Crippen molar-refractivity contribution in [2.75, 3.05) is 12.3 Å². The standard InChI is InChI=1S/C17H25NO2S/c1-12(19)10-17(2,3)11-18-16(20)15-14-7-5-4-6-13(14)8-9-21-15/h4-7,12,15,19H,8-11H2,1-3H3,(H,18,20). The van der Waals surface area contributed by atoms with E-state index in [0.717, 1.165) is 17.7 Å². The normalized spacial score (nSPS) is 19.7. The number of aliphatic hydroxyl groups excluding tert-OH is 1. The van der Waals surface area contributed by atoms with Gasteiger partial charge in [-0.1, -0.05) is 38.1 Å². The van der Waals surface area contributed by atoms with Crippen LogP contribution < -0.4 is 5.32 Å². The largest absolute Gasteiger partial charge is 0.393 e. The van der Waals surface area contributed by atoms with Crippen molar-refractivity contribution in [2.45, 2.75) is 45.0 Å². The molecule has 1 amide bonds. The first-order valence-electron chi connectivity index (χ1n) is 7.54. The van der Waals surface area contributed by atoms with E-state index in [1.165, 1.54) is 5.56 Å². The number of hydrogen-bond acceptors (Lipinski definition) is 3. The summed E-state index contributed by atoms with van der Waals surface area (Å²) in [5.41, 5.74) is 2.35. The van der Waals surface area contributed by atoms with Crippen LogP contribution in [0.15, 0.2) is 24.3 Å². The van der Waals surface area contributed by atoms with Crippen LogP contribution in [0.25, 0.3) is 0 Å². The van der Waals surface area contributed by atoms with Crippen molar-refractivity contribution < 1.29 is 9.90 Å². The van der Waals surface area contributed by atoms with Gasteiger partial charge in [-0.3, -0.25) is 4.79 Å². The molecule has 3 nitrogen and oxygen atoms in total. The zero-order valence-electron chi connectivity index (χ0n) is 13.1. The summed E-state index contributed by atoms with van der Waals surface area (Å²) in [7, 11) is 0. The fourth-order valence-corrected chi connectivity index (χ4v) is 4.12. The molecule has 0 saturated carbocycles. The van der Waals surface area contributed by atoms with Crippen LogP contribution in [-0.2, 0) is 11.2 Å². The number of aliphatic hydroxyl groups is 1. The third-order valence-electron chi connectivity index (χ3n) is 3.82. The molecular weight excluding hydrogens is 282 g/mol. The van der Waals surface area contributed by atoms with E-state index in [2.05, 4.69) is 31.3 Å². The van der Waals surface area contributed by atoms with Gasteiger partial charge in [0.15, 0.2) is 0 Å². The van der Waals surface area contributed by atoms with Crippen molar-refractivity contribution in [3.8, 4) is 0 Å². The molecule has 0 aliphatic carbocycles. The molecule has 1 aromatic carbocycles. The molecule has 1 aliphatic heterocycles. The van der Waals surface area contributed by atoms with Gasteiger partial charge in [-0.05, 0) is 42.1 Å². The Morgan fingerprint density at radius 2 is 2.19 bits per heavy atom. The average Bonchev–Trinajstić information content (AvgIpc) is 2.43. The van der Waals surface area contributed by atoms with Gasteiger partial charge >= 0.3 is 0 Å². The van der Waals surface area contributed by atoms with Crippen molar-refractivity contribution in [1.29, 1.82) is 0 Å². The van der Waals surface area contributed by atoms with E-state index in [1.807, 2.05) is 12.1 Å². The van der Waals surface area contributed by atoms with Crippen LogP contribution in [0.4, 0.5) is 0 Å². The molecule has 0 aromatic heterocycles. The van der Waals surface area contributed by atoms with Crippen molar-refractivity contribution in [1.82, 2.24) is 5.32 Å². The average molecular weight is 307 g/mol. The Morgan fingerprint density at radius 1 is 1.48 bits per heavy atom. The summed E-state index contributed by atoms with van der Waals surface area (Å²) < 4.78 is 0. The molecule has 1 heterocycles. The van der Waals surface area contributed by atoms with E-state index in [9.17, 15) is 9.90 Å². The summed E-state index contributed by atoms with van der Waals surface area (Å²) >= 11 is 1.72. The quantitative estimate of drug-likeness (QED) is 0.879. The van der Waals surface area contributed by atoms with Crippen LogP contribution in [0.5, 0.6) is 0 Å². The van der Waals surface area contributed by atoms with Gasteiger partial charge < -0.3 is 10.4 Å². The Morgan fingerprint density at radius 3 is 2.90 bits per heavy atom. The number of thioether (sulfide) groups is 1. The maximum absolute atomic E-state index is 12.5. The van der Waals surface area contributed by atoms with E-state index in [-0.39, 0.29) is 22.7 Å². The van der Waals surface area contributed by atoms with Gasteiger partial charge in [0.05, 0.1) is 6.10 Å². The second kappa shape index (κ2) is 6.84. The first-order valence-corrected chi connectivity index (χ1v) is 8.59. The number of fused-ring (bicyclic) bond motifs is 1. The van der Waals surface area contributed by atoms with E-state index < -0.39 is 0 Å². The fraction of sp³-hybridized carbons (Fsp3) is 0.588. The molecule has 0 bridgehead atoms. The Hall–Kier alpha value is -1.00. The Kier molecular flexibility index (Phi) is 5.33. The van der Waals surface area contributed by atoms with Crippen molar-refractivity contribution in [3.63, 3.8) is 0 Å². The second-order valence-corrected chi connectivity index (χ2v) is 7.85. The predicted molar refractivity (Wildman–Crippen MR) is 88.4 cm³/mol. The highest BCUT2D eigenvalue weighted by molar-refractivity contribution is 8.00. The van der Waals surface area contributed by atoms with Crippen molar-refractivity contribution in [3.05, 3.63) is 35.4 Å². The summed E-state index contributed by atoms with van der Waals surface area (Å²) in [6.07, 6.45) is 1.38. The maximum Gasteiger partial charge on any atom is 0.237 e. The number of amides is 1. The first kappa shape index (κ1) is 16.4. The van der Waals surface area contributed by atoms with Gasteiger partial charge in [-0.15, -0.1) is 11.8 Å². The zero-order chi connectivity index (χ0) is 15.5. The lowest BCUT2D eigenvalue weighted by molar-refractivity contribution is -0.121. The highest BCUT2D eigenvalue weighted by atomic mass is 32.2. The Balaban J connectivity index is 1.99. The number of carbonyl (C=O) groups excluding carboxylic acids is 1. The predicted octanol–water partition coefficient (Wildman–Crippen LogP) is 2.93. The minimum atomic E-state index is -0.346. The fourth-order valence-electron chi connectivity index (χ4n) is 2.90. The third kappa shape index (κ3) is 4.48. The number of hydrogen-bond donors (Lipinski definition) is 2. The molecule has 4 heteroatoms. The molecule has 1 aliphatic rings. The third-order valence-corrected chi connectivity index (χ3v) is 5.06. The highest BCUT2D eigenvalue weighted by Crippen LogP contribution is 2.36. The van der Waals surface area contributed by atoms with E-state index in [0.29, 0.717) is 13.0 Å². The van der Waals surface area contributed by atoms with Crippen LogP contribution in [0.3, 0.4) is 0 Å². The molecule has 2 atom stereocenters.